The molecule has 0 unspecified atom stereocenters. The SMILES string of the molecule is O=C=Nc1c(F)c(F)c(F)c(F)c1-c1ccccc1. The van der Waals surface area contributed by atoms with Gasteiger partial charge in [-0.3, -0.25) is 0 Å². The fraction of sp³-hybridized carbons (Fsp3) is 0. The summed E-state index contributed by atoms with van der Waals surface area (Å²) < 4.78 is 53.6. The highest BCUT2D eigenvalue weighted by atomic mass is 19.2. The van der Waals surface area contributed by atoms with Gasteiger partial charge < -0.3 is 0 Å². The lowest BCUT2D eigenvalue weighted by atomic mass is 10.0. The fourth-order valence-corrected chi connectivity index (χ4v) is 1.64. The average molecular weight is 267 g/mol. The summed E-state index contributed by atoms with van der Waals surface area (Å²) in [6.07, 6.45) is 0.988. The molecule has 2 nitrogen and oxygen atoms in total. The number of isocyanates is 1. The van der Waals surface area contributed by atoms with Gasteiger partial charge in [0.2, 0.25) is 6.08 Å². The van der Waals surface area contributed by atoms with E-state index in [0.29, 0.717) is 0 Å². The van der Waals surface area contributed by atoms with E-state index in [1.165, 1.54) is 24.3 Å². The van der Waals surface area contributed by atoms with Gasteiger partial charge in [0.1, 0.15) is 5.69 Å². The number of benzene rings is 2. The summed E-state index contributed by atoms with van der Waals surface area (Å²) in [4.78, 5) is 13.1. The second kappa shape index (κ2) is 5.04. The van der Waals surface area contributed by atoms with Crippen molar-refractivity contribution in [2.24, 2.45) is 4.99 Å². The van der Waals surface area contributed by atoms with Crippen LogP contribution in [0.4, 0.5) is 23.2 Å². The van der Waals surface area contributed by atoms with Gasteiger partial charge >= 0.3 is 0 Å². The van der Waals surface area contributed by atoms with E-state index in [0.717, 1.165) is 6.08 Å². The van der Waals surface area contributed by atoms with Crippen molar-refractivity contribution in [1.29, 1.82) is 0 Å². The van der Waals surface area contributed by atoms with Crippen molar-refractivity contribution >= 4 is 11.8 Å². The molecular formula is C13H5F4NO. The Bertz CT molecular complexity index is 679. The van der Waals surface area contributed by atoms with E-state index < -0.39 is 34.5 Å². The van der Waals surface area contributed by atoms with Gasteiger partial charge in [0, 0.05) is 0 Å². The molecule has 0 spiro atoms. The van der Waals surface area contributed by atoms with Crippen LogP contribution in [-0.2, 0) is 4.79 Å². The molecule has 0 heterocycles. The van der Waals surface area contributed by atoms with Gasteiger partial charge in [0.25, 0.3) is 0 Å². The van der Waals surface area contributed by atoms with Crippen molar-refractivity contribution in [1.82, 2.24) is 0 Å². The van der Waals surface area contributed by atoms with Crippen LogP contribution in [0.15, 0.2) is 35.3 Å². The predicted octanol–water partition coefficient (Wildman–Crippen LogP) is 3.88. The summed E-state index contributed by atoms with van der Waals surface area (Å²) in [7, 11) is 0. The summed E-state index contributed by atoms with van der Waals surface area (Å²) in [5, 5.41) is 0. The van der Waals surface area contributed by atoms with E-state index in [4.69, 9.17) is 0 Å². The molecule has 0 aromatic heterocycles. The first kappa shape index (κ1) is 13.0. The molecule has 0 N–H and O–H groups in total. The highest BCUT2D eigenvalue weighted by Gasteiger charge is 2.26. The summed E-state index contributed by atoms with van der Waals surface area (Å²) in [5.41, 5.74) is -1.48. The van der Waals surface area contributed by atoms with Crippen LogP contribution >= 0.6 is 0 Å². The molecule has 0 aliphatic heterocycles. The standard InChI is InChI=1S/C13H5F4NO/c14-9-8(7-4-2-1-3-5-7)13(18-6-19)12(17)11(16)10(9)15/h1-5H. The Morgan fingerprint density at radius 2 is 1.42 bits per heavy atom. The van der Waals surface area contributed by atoms with Gasteiger partial charge in [0.05, 0.1) is 5.56 Å². The molecule has 0 fully saturated rings. The van der Waals surface area contributed by atoms with Crippen LogP contribution in [-0.4, -0.2) is 6.08 Å². The molecule has 0 radical (unpaired) electrons. The highest BCUT2D eigenvalue weighted by Crippen LogP contribution is 2.37. The van der Waals surface area contributed by atoms with Gasteiger partial charge in [-0.2, -0.15) is 4.99 Å². The normalized spacial score (nSPS) is 10.1. The zero-order valence-corrected chi connectivity index (χ0v) is 9.25. The number of hydrogen-bond donors (Lipinski definition) is 0. The Hall–Kier alpha value is -2.46. The van der Waals surface area contributed by atoms with Crippen LogP contribution in [0.3, 0.4) is 0 Å². The summed E-state index contributed by atoms with van der Waals surface area (Å²) in [6, 6.07) is 7.27. The molecule has 0 atom stereocenters. The molecule has 0 aliphatic carbocycles. The van der Waals surface area contributed by atoms with Crippen LogP contribution in [0, 0.1) is 23.3 Å². The minimum Gasteiger partial charge on any atom is -0.211 e. The molecule has 6 heteroatoms. The maximum Gasteiger partial charge on any atom is 0.240 e. The van der Waals surface area contributed by atoms with E-state index in [-0.39, 0.29) is 5.56 Å². The van der Waals surface area contributed by atoms with Crippen molar-refractivity contribution in [2.75, 3.05) is 0 Å². The van der Waals surface area contributed by atoms with Crippen molar-refractivity contribution in [2.45, 2.75) is 0 Å². The average Bonchev–Trinajstić information content (AvgIpc) is 2.44. The molecule has 2 rings (SSSR count). The lowest BCUT2D eigenvalue weighted by Crippen LogP contribution is -2.00. The van der Waals surface area contributed by atoms with Gasteiger partial charge in [0.15, 0.2) is 23.3 Å². The zero-order chi connectivity index (χ0) is 14.0. The molecule has 2 aromatic rings. The third kappa shape index (κ3) is 2.13. The van der Waals surface area contributed by atoms with E-state index in [9.17, 15) is 22.4 Å². The van der Waals surface area contributed by atoms with E-state index >= 15 is 0 Å². The summed E-state index contributed by atoms with van der Waals surface area (Å²) in [5.74, 6) is -7.33. The number of rotatable bonds is 2. The van der Waals surface area contributed by atoms with E-state index in [1.807, 2.05) is 0 Å². The molecule has 0 saturated carbocycles. The lowest BCUT2D eigenvalue weighted by Gasteiger charge is -2.09. The van der Waals surface area contributed by atoms with Gasteiger partial charge in [-0.05, 0) is 5.56 Å². The van der Waals surface area contributed by atoms with Crippen molar-refractivity contribution in [3.05, 3.63) is 53.6 Å². The number of halogens is 4. The van der Waals surface area contributed by atoms with Gasteiger partial charge in [-0.25, -0.2) is 22.4 Å². The van der Waals surface area contributed by atoms with Crippen LogP contribution in [0.1, 0.15) is 0 Å². The topological polar surface area (TPSA) is 29.4 Å². The number of aliphatic imine (C=N–C) groups is 1. The first-order valence-corrected chi connectivity index (χ1v) is 5.07. The number of nitrogens with zero attached hydrogens (tertiary/aromatic N) is 1. The Morgan fingerprint density at radius 3 is 2.00 bits per heavy atom. The summed E-state index contributed by atoms with van der Waals surface area (Å²) in [6.45, 7) is 0. The number of hydrogen-bond acceptors (Lipinski definition) is 2. The van der Waals surface area contributed by atoms with E-state index in [2.05, 4.69) is 4.99 Å². The predicted molar refractivity (Wildman–Crippen MR) is 59.5 cm³/mol. The van der Waals surface area contributed by atoms with E-state index in [1.54, 1.807) is 6.07 Å². The minimum atomic E-state index is -2.02. The minimum absolute atomic E-state index is 0.0619. The van der Waals surface area contributed by atoms with Gasteiger partial charge in [-0.15, -0.1) is 0 Å². The Morgan fingerprint density at radius 1 is 0.842 bits per heavy atom. The fourth-order valence-electron chi connectivity index (χ4n) is 1.64. The van der Waals surface area contributed by atoms with Gasteiger partial charge in [-0.1, -0.05) is 30.3 Å². The van der Waals surface area contributed by atoms with Crippen LogP contribution in [0.5, 0.6) is 0 Å². The van der Waals surface area contributed by atoms with Crippen LogP contribution in [0.25, 0.3) is 11.1 Å². The third-order valence-corrected chi connectivity index (χ3v) is 2.46. The summed E-state index contributed by atoms with van der Waals surface area (Å²) >= 11 is 0. The molecule has 0 saturated heterocycles. The quantitative estimate of drug-likeness (QED) is 0.267. The largest absolute Gasteiger partial charge is 0.240 e. The van der Waals surface area contributed by atoms with Crippen molar-refractivity contribution in [3.8, 4) is 11.1 Å². The molecule has 0 amide bonds. The Kier molecular flexibility index (Phi) is 3.44. The lowest BCUT2D eigenvalue weighted by molar-refractivity contribution is 0.412. The molecule has 0 bridgehead atoms. The second-order valence-electron chi connectivity index (χ2n) is 3.55. The molecule has 0 aliphatic rings. The highest BCUT2D eigenvalue weighted by molar-refractivity contribution is 5.78. The van der Waals surface area contributed by atoms with Crippen LogP contribution < -0.4 is 0 Å². The number of carbonyl (C=O) groups excluding carboxylic acids is 1. The monoisotopic (exact) mass is 267 g/mol. The molecule has 2 aromatic carbocycles. The maximum atomic E-state index is 13.7. The Labute approximate surface area is 105 Å². The van der Waals surface area contributed by atoms with Crippen molar-refractivity contribution < 1.29 is 22.4 Å². The second-order valence-corrected chi connectivity index (χ2v) is 3.55. The smallest absolute Gasteiger partial charge is 0.211 e. The molecule has 19 heavy (non-hydrogen) atoms. The molecular weight excluding hydrogens is 262 g/mol. The first-order valence-electron chi connectivity index (χ1n) is 5.07. The Balaban J connectivity index is 2.90. The third-order valence-electron chi connectivity index (χ3n) is 2.46. The van der Waals surface area contributed by atoms with Crippen molar-refractivity contribution in [3.63, 3.8) is 0 Å². The first-order chi connectivity index (χ1) is 9.07. The maximum absolute atomic E-state index is 13.7. The van der Waals surface area contributed by atoms with Crippen LogP contribution in [0.2, 0.25) is 0 Å². The molecule has 96 valence electrons. The zero-order valence-electron chi connectivity index (χ0n) is 9.25.